The predicted octanol–water partition coefficient (Wildman–Crippen LogP) is -0.183. The van der Waals surface area contributed by atoms with Crippen LogP contribution in [0.4, 0.5) is 0 Å². The van der Waals surface area contributed by atoms with Crippen LogP contribution in [0.1, 0.15) is 20.3 Å². The monoisotopic (exact) mass is 116 g/mol. The Morgan fingerprint density at radius 1 is 1.88 bits per heavy atom. The smallest absolute Gasteiger partial charge is 0.148 e. The van der Waals surface area contributed by atoms with Gasteiger partial charge < -0.3 is 0 Å². The van der Waals surface area contributed by atoms with Gasteiger partial charge in [0.25, 0.3) is 0 Å². The van der Waals surface area contributed by atoms with Gasteiger partial charge in [-0.1, -0.05) is 6.92 Å². The highest BCUT2D eigenvalue weighted by atomic mass is 16.1. The quantitative estimate of drug-likeness (QED) is 0.397. The summed E-state index contributed by atoms with van der Waals surface area (Å²) in [4.78, 5) is 10.5. The maximum Gasteiger partial charge on any atom is 0.148 e. The number of carbonyl (C=O) groups excluding carboxylic acids is 1. The summed E-state index contributed by atoms with van der Waals surface area (Å²) in [5.74, 6) is 5.11. The average Bonchev–Trinajstić information content (AvgIpc) is 1.69. The van der Waals surface area contributed by atoms with Gasteiger partial charge in [0.1, 0.15) is 5.78 Å². The fraction of sp³-hybridized carbons (Fsp3) is 0.800. The lowest BCUT2D eigenvalue weighted by Crippen LogP contribution is -2.39. The van der Waals surface area contributed by atoms with Crippen molar-refractivity contribution in [3.05, 3.63) is 0 Å². The van der Waals surface area contributed by atoms with Crippen LogP contribution in [0.25, 0.3) is 0 Å². The third kappa shape index (κ3) is 2.04. The molecule has 0 aliphatic carbocycles. The summed E-state index contributed by atoms with van der Waals surface area (Å²) in [5, 5.41) is 0. The highest BCUT2D eigenvalue weighted by Gasteiger charge is 2.06. The summed E-state index contributed by atoms with van der Waals surface area (Å²) in [6, 6.07) is -0.157. The average molecular weight is 116 g/mol. The van der Waals surface area contributed by atoms with Gasteiger partial charge in [0.15, 0.2) is 0 Å². The zero-order valence-corrected chi connectivity index (χ0v) is 5.27. The molecule has 0 aliphatic rings. The van der Waals surface area contributed by atoms with Gasteiger partial charge in [0.2, 0.25) is 0 Å². The van der Waals surface area contributed by atoms with E-state index in [-0.39, 0.29) is 11.8 Å². The number of nitrogens with one attached hydrogen (secondary N) is 1. The summed E-state index contributed by atoms with van der Waals surface area (Å²) < 4.78 is 0. The van der Waals surface area contributed by atoms with Crippen LogP contribution in [-0.2, 0) is 4.79 Å². The van der Waals surface area contributed by atoms with Gasteiger partial charge in [-0.05, 0) is 13.3 Å². The number of Topliss-reactive ketones (excluding diaryl/α,β-unsaturated/α-hetero) is 1. The number of hydrazine groups is 1. The lowest BCUT2D eigenvalue weighted by Gasteiger charge is -2.06. The fourth-order valence-electron chi connectivity index (χ4n) is 0.523. The Kier molecular flexibility index (Phi) is 3.39. The molecule has 48 valence electrons. The van der Waals surface area contributed by atoms with Crippen molar-refractivity contribution >= 4 is 5.78 Å². The first kappa shape index (κ1) is 7.59. The molecule has 0 saturated heterocycles. The molecule has 0 bridgehead atoms. The number of ketones is 1. The molecule has 0 aliphatic heterocycles. The van der Waals surface area contributed by atoms with E-state index in [1.54, 1.807) is 0 Å². The topological polar surface area (TPSA) is 55.1 Å². The second-order valence-electron chi connectivity index (χ2n) is 1.74. The first-order valence-corrected chi connectivity index (χ1v) is 2.69. The van der Waals surface area contributed by atoms with Crippen LogP contribution >= 0.6 is 0 Å². The molecule has 0 aromatic carbocycles. The predicted molar refractivity (Wildman–Crippen MR) is 32.1 cm³/mol. The summed E-state index contributed by atoms with van der Waals surface area (Å²) >= 11 is 0. The molecule has 0 radical (unpaired) electrons. The number of hydrogen-bond donors (Lipinski definition) is 2. The van der Waals surface area contributed by atoms with Gasteiger partial charge in [0, 0.05) is 0 Å². The largest absolute Gasteiger partial charge is 0.298 e. The van der Waals surface area contributed by atoms with Crippen molar-refractivity contribution in [2.24, 2.45) is 5.84 Å². The van der Waals surface area contributed by atoms with Crippen molar-refractivity contribution in [2.75, 3.05) is 0 Å². The van der Waals surface area contributed by atoms with Gasteiger partial charge in [-0.25, -0.2) is 0 Å². The molecule has 3 nitrogen and oxygen atoms in total. The Balaban J connectivity index is 3.52. The molecule has 1 unspecified atom stereocenters. The Morgan fingerprint density at radius 2 is 2.38 bits per heavy atom. The maximum absolute atomic E-state index is 10.5. The number of rotatable bonds is 3. The molecule has 3 N–H and O–H groups in total. The lowest BCUT2D eigenvalue weighted by molar-refractivity contribution is -0.119. The lowest BCUT2D eigenvalue weighted by atomic mass is 10.2. The van der Waals surface area contributed by atoms with Crippen molar-refractivity contribution in [3.8, 4) is 0 Å². The van der Waals surface area contributed by atoms with E-state index < -0.39 is 0 Å². The van der Waals surface area contributed by atoms with Crippen LogP contribution in [0.3, 0.4) is 0 Å². The number of nitrogens with two attached hydrogens (primary N) is 1. The van der Waals surface area contributed by atoms with Crippen molar-refractivity contribution in [3.63, 3.8) is 0 Å². The van der Waals surface area contributed by atoms with Gasteiger partial charge in [-0.15, -0.1) is 0 Å². The van der Waals surface area contributed by atoms with Crippen LogP contribution in [0, 0.1) is 0 Å². The fourth-order valence-corrected chi connectivity index (χ4v) is 0.523. The molecule has 3 heteroatoms. The Hall–Kier alpha value is -0.410. The molecule has 0 amide bonds. The summed E-state index contributed by atoms with van der Waals surface area (Å²) in [7, 11) is 0. The Morgan fingerprint density at radius 3 is 2.38 bits per heavy atom. The second kappa shape index (κ2) is 3.57. The van der Waals surface area contributed by atoms with Gasteiger partial charge in [-0.2, -0.15) is 0 Å². The van der Waals surface area contributed by atoms with Crippen molar-refractivity contribution in [1.29, 1.82) is 0 Å². The third-order valence-electron chi connectivity index (χ3n) is 1.10. The maximum atomic E-state index is 10.5. The van der Waals surface area contributed by atoms with Crippen LogP contribution in [-0.4, -0.2) is 11.8 Å². The van der Waals surface area contributed by atoms with Crippen molar-refractivity contribution in [2.45, 2.75) is 26.3 Å². The Labute approximate surface area is 49.2 Å². The third-order valence-corrected chi connectivity index (χ3v) is 1.10. The molecule has 8 heavy (non-hydrogen) atoms. The molecular formula is C5H12N2O. The zero-order valence-electron chi connectivity index (χ0n) is 5.27. The molecule has 0 aromatic rings. The highest BCUT2D eigenvalue weighted by molar-refractivity contribution is 5.81. The van der Waals surface area contributed by atoms with Crippen LogP contribution in [0.2, 0.25) is 0 Å². The molecule has 0 spiro atoms. The highest BCUT2D eigenvalue weighted by Crippen LogP contribution is 1.87. The molecule has 0 fully saturated rings. The molecule has 0 rings (SSSR count). The molecule has 0 aromatic heterocycles. The standard InChI is InChI=1S/C5H12N2O/c1-3-5(7-6)4(2)8/h5,7H,3,6H2,1-2H3. The first-order valence-electron chi connectivity index (χ1n) is 2.69. The van der Waals surface area contributed by atoms with Crippen LogP contribution < -0.4 is 11.3 Å². The molecular weight excluding hydrogens is 104 g/mol. The van der Waals surface area contributed by atoms with E-state index in [2.05, 4.69) is 5.43 Å². The zero-order chi connectivity index (χ0) is 6.57. The molecule has 1 atom stereocenters. The van der Waals surface area contributed by atoms with Crippen molar-refractivity contribution in [1.82, 2.24) is 5.43 Å². The molecule has 0 saturated carbocycles. The van der Waals surface area contributed by atoms with Gasteiger partial charge in [-0.3, -0.25) is 16.1 Å². The van der Waals surface area contributed by atoms with Gasteiger partial charge in [0.05, 0.1) is 6.04 Å². The normalized spacial score (nSPS) is 13.4. The van der Waals surface area contributed by atoms with E-state index in [0.717, 1.165) is 6.42 Å². The minimum absolute atomic E-state index is 0.0926. The first-order chi connectivity index (χ1) is 3.72. The van der Waals surface area contributed by atoms with E-state index in [1.165, 1.54) is 6.92 Å². The second-order valence-corrected chi connectivity index (χ2v) is 1.74. The van der Waals surface area contributed by atoms with Gasteiger partial charge >= 0.3 is 0 Å². The molecule has 0 heterocycles. The minimum atomic E-state index is -0.157. The minimum Gasteiger partial charge on any atom is -0.298 e. The van der Waals surface area contributed by atoms with E-state index in [9.17, 15) is 4.79 Å². The summed E-state index contributed by atoms with van der Waals surface area (Å²) in [6.45, 7) is 3.43. The Bertz CT molecular complexity index is 78.5. The summed E-state index contributed by atoms with van der Waals surface area (Å²) in [6.07, 6.45) is 0.756. The SMILES string of the molecule is CCC(NN)C(C)=O. The summed E-state index contributed by atoms with van der Waals surface area (Å²) in [5.41, 5.74) is 2.40. The van der Waals surface area contributed by atoms with E-state index in [0.29, 0.717) is 0 Å². The van der Waals surface area contributed by atoms with E-state index in [4.69, 9.17) is 5.84 Å². The van der Waals surface area contributed by atoms with E-state index in [1.807, 2.05) is 6.92 Å². The van der Waals surface area contributed by atoms with Crippen LogP contribution in [0.5, 0.6) is 0 Å². The number of hydrogen-bond acceptors (Lipinski definition) is 3. The van der Waals surface area contributed by atoms with Crippen molar-refractivity contribution < 1.29 is 4.79 Å². The number of carbonyl (C=O) groups is 1. The van der Waals surface area contributed by atoms with Crippen LogP contribution in [0.15, 0.2) is 0 Å². The van der Waals surface area contributed by atoms with E-state index >= 15 is 0 Å².